The molecule has 0 bridgehead atoms. The van der Waals surface area contributed by atoms with Crippen molar-refractivity contribution >= 4 is 36.3 Å². The van der Waals surface area contributed by atoms with E-state index >= 15 is 0 Å². The predicted molar refractivity (Wildman–Crippen MR) is 149 cm³/mol. The van der Waals surface area contributed by atoms with Crippen LogP contribution in [0.3, 0.4) is 0 Å². The molecular weight excluding hydrogens is 521 g/mol. The zero-order chi connectivity index (χ0) is 28.6. The number of anilines is 1. The molecule has 0 saturated carbocycles. The van der Waals surface area contributed by atoms with E-state index in [4.69, 9.17) is 15.2 Å². The SMILES string of the molecule is CCCCCOC(=O)C(C)(C)NP(=O)(COC(C)Cn1cnc2c(N)ncnc21)NC(=O)c1ccc(C)cc1. The van der Waals surface area contributed by atoms with Crippen LogP contribution in [-0.4, -0.2) is 56.0 Å². The number of nitrogens with two attached hydrogens (primary N) is 1. The fourth-order valence-electron chi connectivity index (χ4n) is 3.81. The number of aromatic nitrogens is 4. The summed E-state index contributed by atoms with van der Waals surface area (Å²) in [6.45, 7) is 9.45. The quantitative estimate of drug-likeness (QED) is 0.150. The number of nitrogens with one attached hydrogen (secondary N) is 2. The second-order valence-electron chi connectivity index (χ2n) is 10.1. The number of imidazole rings is 1. The Bertz CT molecular complexity index is 1330. The van der Waals surface area contributed by atoms with E-state index in [-0.39, 0.29) is 18.8 Å². The molecule has 2 aromatic heterocycles. The van der Waals surface area contributed by atoms with E-state index in [1.807, 2.05) is 6.92 Å². The van der Waals surface area contributed by atoms with E-state index in [0.29, 0.717) is 23.3 Å². The van der Waals surface area contributed by atoms with Gasteiger partial charge in [0.25, 0.3) is 13.4 Å². The van der Waals surface area contributed by atoms with Crippen molar-refractivity contribution in [3.8, 4) is 0 Å². The first kappa shape index (κ1) is 30.2. The number of amides is 1. The number of nitrogens with zero attached hydrogens (tertiary/aromatic N) is 4. The van der Waals surface area contributed by atoms with Crippen LogP contribution in [0, 0.1) is 6.92 Å². The molecule has 2 unspecified atom stereocenters. The van der Waals surface area contributed by atoms with Crippen molar-refractivity contribution in [3.63, 3.8) is 0 Å². The lowest BCUT2D eigenvalue weighted by atomic mass is 10.1. The van der Waals surface area contributed by atoms with Crippen molar-refractivity contribution in [2.75, 3.05) is 18.7 Å². The molecule has 0 aliphatic heterocycles. The van der Waals surface area contributed by atoms with Gasteiger partial charge >= 0.3 is 5.97 Å². The fraction of sp³-hybridized carbons (Fsp3) is 0.500. The van der Waals surface area contributed by atoms with Crippen molar-refractivity contribution in [2.45, 2.75) is 72.1 Å². The van der Waals surface area contributed by atoms with Gasteiger partial charge in [0.15, 0.2) is 11.5 Å². The zero-order valence-electron chi connectivity index (χ0n) is 23.1. The zero-order valence-corrected chi connectivity index (χ0v) is 24.0. The molecule has 0 fully saturated rings. The van der Waals surface area contributed by atoms with E-state index in [9.17, 15) is 14.2 Å². The van der Waals surface area contributed by atoms with Crippen LogP contribution in [0.2, 0.25) is 0 Å². The van der Waals surface area contributed by atoms with Gasteiger partial charge in [0.2, 0.25) is 0 Å². The van der Waals surface area contributed by atoms with E-state index in [2.05, 4.69) is 32.1 Å². The molecule has 1 amide bonds. The van der Waals surface area contributed by atoms with Gasteiger partial charge in [-0.05, 0) is 46.2 Å². The smallest absolute Gasteiger partial charge is 0.326 e. The summed E-state index contributed by atoms with van der Waals surface area (Å²) in [7, 11) is -3.82. The molecule has 3 rings (SSSR count). The van der Waals surface area contributed by atoms with Crippen LogP contribution in [0.5, 0.6) is 0 Å². The maximum absolute atomic E-state index is 14.1. The lowest BCUT2D eigenvalue weighted by molar-refractivity contribution is -0.149. The number of carbonyl (C=O) groups is 2. The van der Waals surface area contributed by atoms with Gasteiger partial charge in [-0.1, -0.05) is 37.5 Å². The molecule has 0 aliphatic rings. The lowest BCUT2D eigenvalue weighted by Gasteiger charge is -2.31. The highest BCUT2D eigenvalue weighted by Crippen LogP contribution is 2.40. The van der Waals surface area contributed by atoms with Crippen molar-refractivity contribution < 1.29 is 23.6 Å². The Morgan fingerprint density at radius 2 is 1.87 bits per heavy atom. The molecule has 39 heavy (non-hydrogen) atoms. The highest BCUT2D eigenvalue weighted by atomic mass is 31.2. The van der Waals surface area contributed by atoms with Gasteiger partial charge in [-0.3, -0.25) is 19.2 Å². The minimum atomic E-state index is -3.82. The van der Waals surface area contributed by atoms with E-state index in [0.717, 1.165) is 24.8 Å². The molecule has 0 spiro atoms. The van der Waals surface area contributed by atoms with Gasteiger partial charge in [-0.25, -0.2) is 20.0 Å². The van der Waals surface area contributed by atoms with Crippen LogP contribution in [0.15, 0.2) is 36.9 Å². The number of ether oxygens (including phenoxy) is 2. The lowest BCUT2D eigenvalue weighted by Crippen LogP contribution is -2.49. The van der Waals surface area contributed by atoms with Crippen molar-refractivity contribution in [1.29, 1.82) is 0 Å². The molecule has 4 N–H and O–H groups in total. The van der Waals surface area contributed by atoms with Crippen molar-refractivity contribution in [2.24, 2.45) is 0 Å². The summed E-state index contributed by atoms with van der Waals surface area (Å²) in [4.78, 5) is 38.2. The van der Waals surface area contributed by atoms with Gasteiger partial charge in [-0.15, -0.1) is 0 Å². The summed E-state index contributed by atoms with van der Waals surface area (Å²) in [6, 6.07) is 6.86. The molecule has 0 aliphatic carbocycles. The Hall–Kier alpha value is -3.34. The summed E-state index contributed by atoms with van der Waals surface area (Å²) in [6.07, 6.45) is 4.75. The third kappa shape index (κ3) is 8.32. The van der Waals surface area contributed by atoms with E-state index in [1.165, 1.54) is 6.33 Å². The average molecular weight is 560 g/mol. The molecule has 0 radical (unpaired) electrons. The number of benzene rings is 1. The highest BCUT2D eigenvalue weighted by Gasteiger charge is 2.39. The Morgan fingerprint density at radius 3 is 2.56 bits per heavy atom. The van der Waals surface area contributed by atoms with Crippen LogP contribution < -0.4 is 15.9 Å². The molecular formula is C26H38N7O5P. The highest BCUT2D eigenvalue weighted by molar-refractivity contribution is 7.60. The molecule has 3 aromatic rings. The number of carbonyl (C=O) groups excluding carboxylic acids is 2. The first-order chi connectivity index (χ1) is 18.4. The number of fused-ring (bicyclic) bond motifs is 1. The van der Waals surface area contributed by atoms with Crippen LogP contribution in [0.1, 0.15) is 62.9 Å². The van der Waals surface area contributed by atoms with Gasteiger partial charge in [0, 0.05) is 5.56 Å². The van der Waals surface area contributed by atoms with E-state index < -0.39 is 31.0 Å². The molecule has 2 heterocycles. The second kappa shape index (κ2) is 13.1. The molecule has 212 valence electrons. The summed E-state index contributed by atoms with van der Waals surface area (Å²) >= 11 is 0. The summed E-state index contributed by atoms with van der Waals surface area (Å²) < 4.78 is 27.2. The fourth-order valence-corrected chi connectivity index (χ4v) is 5.92. The van der Waals surface area contributed by atoms with Gasteiger partial charge < -0.3 is 19.8 Å². The predicted octanol–water partition coefficient (Wildman–Crippen LogP) is 3.80. The summed E-state index contributed by atoms with van der Waals surface area (Å²) in [5, 5.41) is 5.43. The van der Waals surface area contributed by atoms with Gasteiger partial charge in [-0.2, -0.15) is 0 Å². The van der Waals surface area contributed by atoms with Crippen LogP contribution in [0.25, 0.3) is 11.2 Å². The molecule has 0 saturated heterocycles. The molecule has 1 aromatic carbocycles. The number of rotatable bonds is 14. The monoisotopic (exact) mass is 559 g/mol. The molecule has 12 nitrogen and oxygen atoms in total. The average Bonchev–Trinajstić information content (AvgIpc) is 3.29. The minimum absolute atomic E-state index is 0.262. The van der Waals surface area contributed by atoms with Gasteiger partial charge in [0.1, 0.15) is 23.7 Å². The van der Waals surface area contributed by atoms with Gasteiger partial charge in [0.05, 0.1) is 25.6 Å². The Labute approximate surface area is 228 Å². The normalized spacial score (nSPS) is 14.1. The number of hydrogen-bond acceptors (Lipinski definition) is 9. The number of hydrogen-bond donors (Lipinski definition) is 3. The van der Waals surface area contributed by atoms with Crippen LogP contribution in [-0.2, 0) is 25.4 Å². The Balaban J connectivity index is 1.74. The topological polar surface area (TPSA) is 163 Å². The van der Waals surface area contributed by atoms with Crippen molar-refractivity contribution in [3.05, 3.63) is 48.0 Å². The maximum atomic E-state index is 14.1. The second-order valence-corrected chi connectivity index (χ2v) is 12.2. The maximum Gasteiger partial charge on any atom is 0.326 e. The third-order valence-electron chi connectivity index (χ3n) is 5.97. The van der Waals surface area contributed by atoms with Crippen LogP contribution in [0.4, 0.5) is 5.82 Å². The molecule has 2 atom stereocenters. The minimum Gasteiger partial charge on any atom is -0.464 e. The number of unbranched alkanes of at least 4 members (excludes halogenated alkanes) is 2. The number of aryl methyl sites for hydroxylation is 1. The third-order valence-corrected chi connectivity index (χ3v) is 7.97. The van der Waals surface area contributed by atoms with Crippen molar-refractivity contribution in [1.82, 2.24) is 29.7 Å². The number of esters is 1. The first-order valence-corrected chi connectivity index (χ1v) is 14.8. The first-order valence-electron chi connectivity index (χ1n) is 12.9. The largest absolute Gasteiger partial charge is 0.464 e. The standard InChI is InChI=1S/C26H38N7O5P/c1-6-7-8-13-37-25(35)26(4,5)32-39(36,31-24(34)20-11-9-18(2)10-12-20)17-38-19(3)14-33-16-30-21-22(27)28-15-29-23(21)33/h9-12,15-16,19H,6-8,13-14,17H2,1-5H3,(H2,27,28,29)(H2,31,32,34,36). The Morgan fingerprint density at radius 1 is 1.15 bits per heavy atom. The number of nitrogen functional groups attached to an aromatic ring is 1. The summed E-state index contributed by atoms with van der Waals surface area (Å²) in [5.41, 5.74) is 6.84. The van der Waals surface area contributed by atoms with Crippen LogP contribution >= 0.6 is 7.44 Å². The summed E-state index contributed by atoms with van der Waals surface area (Å²) in [5.74, 6) is -0.857. The Kier molecular flexibility index (Phi) is 10.2. The molecule has 13 heteroatoms. The van der Waals surface area contributed by atoms with E-state index in [1.54, 1.807) is 55.9 Å².